The maximum atomic E-state index is 12.1. The lowest BCUT2D eigenvalue weighted by Crippen LogP contribution is -2.28. The zero-order chi connectivity index (χ0) is 30.1. The maximum Gasteiger partial charge on any atom is 0.306 e. The minimum Gasteiger partial charge on any atom is -0.462 e. The first-order valence-electron chi connectivity index (χ1n) is 16.3. The number of aliphatic hydroxyl groups is 1. The Morgan fingerprint density at radius 3 is 1.59 bits per heavy atom. The molecule has 1 atom stereocenters. The third-order valence-electron chi connectivity index (χ3n) is 6.58. The topological polar surface area (TPSA) is 72.8 Å². The van der Waals surface area contributed by atoms with E-state index >= 15 is 0 Å². The monoisotopic (exact) mass is 572 g/mol. The molecule has 0 saturated heterocycles. The van der Waals surface area contributed by atoms with Gasteiger partial charge in [0.15, 0.2) is 6.10 Å². The van der Waals surface area contributed by atoms with E-state index in [9.17, 15) is 14.7 Å². The van der Waals surface area contributed by atoms with Gasteiger partial charge in [-0.3, -0.25) is 9.59 Å². The fourth-order valence-corrected chi connectivity index (χ4v) is 4.11. The quantitative estimate of drug-likeness (QED) is 0.0574. The molecule has 0 fully saturated rings. The van der Waals surface area contributed by atoms with E-state index in [1.54, 1.807) is 0 Å². The number of carbonyl (C=O) groups excluding carboxylic acids is 2. The number of unbranched alkanes of at least 4 members (excludes halogenated alkanes) is 10. The highest BCUT2D eigenvalue weighted by molar-refractivity contribution is 5.70. The molecule has 5 nitrogen and oxygen atoms in total. The molecule has 0 heterocycles. The number of aliphatic hydroxyl groups excluding tert-OH is 1. The van der Waals surface area contributed by atoms with Crippen LogP contribution in [0.2, 0.25) is 0 Å². The molecule has 234 valence electrons. The molecule has 0 aromatic heterocycles. The molecule has 0 aliphatic heterocycles. The van der Waals surface area contributed by atoms with Gasteiger partial charge in [-0.05, 0) is 57.8 Å². The minimum absolute atomic E-state index is 0.0812. The second-order valence-electron chi connectivity index (χ2n) is 10.5. The van der Waals surface area contributed by atoms with E-state index in [1.165, 1.54) is 32.1 Å². The molecule has 5 heteroatoms. The molecule has 0 radical (unpaired) electrons. The van der Waals surface area contributed by atoms with E-state index in [0.717, 1.165) is 77.0 Å². The number of ether oxygens (including phenoxy) is 2. The SMILES string of the molecule is CC/C=C/C/C=C/C/C=C/C/C=C/C/C=C/CCCCCC(=O)O[C@@H](CO)COC(=O)CCCCCCCCCC. The fourth-order valence-electron chi connectivity index (χ4n) is 4.11. The largest absolute Gasteiger partial charge is 0.462 e. The summed E-state index contributed by atoms with van der Waals surface area (Å²) < 4.78 is 10.5. The molecular formula is C36H60O5. The molecule has 0 rings (SSSR count). The molecule has 0 amide bonds. The molecule has 0 bridgehead atoms. The van der Waals surface area contributed by atoms with Crippen molar-refractivity contribution in [2.45, 2.75) is 142 Å². The molecule has 0 saturated carbocycles. The van der Waals surface area contributed by atoms with Gasteiger partial charge in [-0.25, -0.2) is 0 Å². The highest BCUT2D eigenvalue weighted by Crippen LogP contribution is 2.11. The van der Waals surface area contributed by atoms with Gasteiger partial charge in [0, 0.05) is 12.8 Å². The summed E-state index contributed by atoms with van der Waals surface area (Å²) in [6.07, 6.45) is 39.9. The first-order chi connectivity index (χ1) is 20.1. The third-order valence-corrected chi connectivity index (χ3v) is 6.58. The Morgan fingerprint density at radius 2 is 1.05 bits per heavy atom. The van der Waals surface area contributed by atoms with E-state index < -0.39 is 6.10 Å². The van der Waals surface area contributed by atoms with E-state index in [-0.39, 0.29) is 25.2 Å². The van der Waals surface area contributed by atoms with Crippen LogP contribution < -0.4 is 0 Å². The first-order valence-corrected chi connectivity index (χ1v) is 16.3. The molecule has 0 aromatic carbocycles. The summed E-state index contributed by atoms with van der Waals surface area (Å²) in [6, 6.07) is 0. The number of carbonyl (C=O) groups is 2. The molecule has 0 aromatic rings. The van der Waals surface area contributed by atoms with Crippen molar-refractivity contribution in [1.82, 2.24) is 0 Å². The van der Waals surface area contributed by atoms with Crippen LogP contribution in [0, 0.1) is 0 Å². The first kappa shape index (κ1) is 38.6. The summed E-state index contributed by atoms with van der Waals surface area (Å²) in [6.45, 7) is 3.93. The second-order valence-corrected chi connectivity index (χ2v) is 10.5. The fraction of sp³-hybridized carbons (Fsp3) is 0.667. The zero-order valence-corrected chi connectivity index (χ0v) is 26.3. The van der Waals surface area contributed by atoms with Crippen molar-refractivity contribution >= 4 is 11.9 Å². The number of rotatable bonds is 28. The van der Waals surface area contributed by atoms with Gasteiger partial charge in [0.05, 0.1) is 6.61 Å². The molecule has 0 spiro atoms. The van der Waals surface area contributed by atoms with Crippen LogP contribution in [-0.4, -0.2) is 36.4 Å². The van der Waals surface area contributed by atoms with Crippen LogP contribution in [0.15, 0.2) is 60.8 Å². The molecule has 0 unspecified atom stereocenters. The number of hydrogen-bond acceptors (Lipinski definition) is 5. The molecular weight excluding hydrogens is 512 g/mol. The van der Waals surface area contributed by atoms with Crippen molar-refractivity contribution in [1.29, 1.82) is 0 Å². The Bertz CT molecular complexity index is 747. The lowest BCUT2D eigenvalue weighted by Gasteiger charge is -2.15. The van der Waals surface area contributed by atoms with E-state index in [4.69, 9.17) is 9.47 Å². The van der Waals surface area contributed by atoms with E-state index in [2.05, 4.69) is 74.6 Å². The third kappa shape index (κ3) is 30.4. The van der Waals surface area contributed by atoms with Crippen LogP contribution >= 0.6 is 0 Å². The summed E-state index contributed by atoms with van der Waals surface area (Å²) >= 11 is 0. The summed E-state index contributed by atoms with van der Waals surface area (Å²) in [5.74, 6) is -0.640. The summed E-state index contributed by atoms with van der Waals surface area (Å²) in [5.41, 5.74) is 0. The molecule has 1 N–H and O–H groups in total. The van der Waals surface area contributed by atoms with Gasteiger partial charge in [0.1, 0.15) is 6.61 Å². The maximum absolute atomic E-state index is 12.1. The van der Waals surface area contributed by atoms with Crippen LogP contribution in [0.4, 0.5) is 0 Å². The van der Waals surface area contributed by atoms with Gasteiger partial charge in [-0.15, -0.1) is 0 Å². The highest BCUT2D eigenvalue weighted by atomic mass is 16.6. The van der Waals surface area contributed by atoms with Crippen LogP contribution in [0.5, 0.6) is 0 Å². The Labute approximate surface area is 251 Å². The molecule has 0 aliphatic carbocycles. The Hall–Kier alpha value is -2.40. The average Bonchev–Trinajstić information content (AvgIpc) is 2.97. The number of hydrogen-bond donors (Lipinski definition) is 1. The van der Waals surface area contributed by atoms with Crippen molar-refractivity contribution in [2.75, 3.05) is 13.2 Å². The predicted molar refractivity (Wildman–Crippen MR) is 173 cm³/mol. The van der Waals surface area contributed by atoms with Crippen LogP contribution in [0.1, 0.15) is 136 Å². The summed E-state index contributed by atoms with van der Waals surface area (Å²) in [4.78, 5) is 24.0. The second kappa shape index (κ2) is 32.1. The Balaban J connectivity index is 3.70. The molecule has 0 aliphatic rings. The van der Waals surface area contributed by atoms with Gasteiger partial charge < -0.3 is 14.6 Å². The number of esters is 2. The van der Waals surface area contributed by atoms with Gasteiger partial charge in [-0.1, -0.05) is 126 Å². The highest BCUT2D eigenvalue weighted by Gasteiger charge is 2.16. The minimum atomic E-state index is -0.786. The lowest BCUT2D eigenvalue weighted by atomic mass is 10.1. The Morgan fingerprint density at radius 1 is 0.585 bits per heavy atom. The standard InChI is InChI=1S/C36H60O5/c1-3-5-7-9-11-13-14-15-16-17-18-19-20-21-22-23-25-27-29-31-36(39)41-34(32-37)33-40-35(38)30-28-26-24-12-10-8-6-4-2/h5,7,11,13,15-16,18-19,21-22,34,37H,3-4,6,8-10,12,14,17,20,23-33H2,1-2H3/b7-5+,13-11+,16-15+,19-18+,22-21+/t34-/m0/s1. The van der Waals surface area contributed by atoms with Crippen LogP contribution in [-0.2, 0) is 19.1 Å². The van der Waals surface area contributed by atoms with Crippen LogP contribution in [0.25, 0.3) is 0 Å². The van der Waals surface area contributed by atoms with E-state index in [0.29, 0.717) is 12.8 Å². The normalized spacial score (nSPS) is 13.0. The van der Waals surface area contributed by atoms with E-state index in [1.807, 2.05) is 0 Å². The summed E-state index contributed by atoms with van der Waals surface area (Å²) in [7, 11) is 0. The summed E-state index contributed by atoms with van der Waals surface area (Å²) in [5, 5.41) is 9.47. The zero-order valence-electron chi connectivity index (χ0n) is 26.3. The van der Waals surface area contributed by atoms with Gasteiger partial charge >= 0.3 is 11.9 Å². The Kier molecular flexibility index (Phi) is 30.2. The predicted octanol–water partition coefficient (Wildman–Crippen LogP) is 9.67. The van der Waals surface area contributed by atoms with Crippen molar-refractivity contribution in [3.63, 3.8) is 0 Å². The van der Waals surface area contributed by atoms with Crippen molar-refractivity contribution in [3.8, 4) is 0 Å². The van der Waals surface area contributed by atoms with Crippen molar-refractivity contribution < 1.29 is 24.2 Å². The van der Waals surface area contributed by atoms with Crippen LogP contribution in [0.3, 0.4) is 0 Å². The van der Waals surface area contributed by atoms with Crippen molar-refractivity contribution in [3.05, 3.63) is 60.8 Å². The van der Waals surface area contributed by atoms with Crippen molar-refractivity contribution in [2.24, 2.45) is 0 Å². The smallest absolute Gasteiger partial charge is 0.306 e. The lowest BCUT2D eigenvalue weighted by molar-refractivity contribution is -0.161. The number of allylic oxidation sites excluding steroid dienone is 10. The van der Waals surface area contributed by atoms with Gasteiger partial charge in [0.2, 0.25) is 0 Å². The van der Waals surface area contributed by atoms with Gasteiger partial charge in [0.25, 0.3) is 0 Å². The van der Waals surface area contributed by atoms with Gasteiger partial charge in [-0.2, -0.15) is 0 Å². The average molecular weight is 573 g/mol. The molecule has 41 heavy (non-hydrogen) atoms.